The number of hydrogen-bond donors (Lipinski definition) is 2. The standard InChI is InChI=1S/C12H9BrF2N2/c13-8-2-1-3-9(14)12(8)17-11-5-4-7(16)6-10(11)15/h1-6,17H,16H2. The van der Waals surface area contributed by atoms with E-state index in [0.717, 1.165) is 0 Å². The average Bonchev–Trinajstić information content (AvgIpc) is 2.26. The van der Waals surface area contributed by atoms with E-state index in [4.69, 9.17) is 5.73 Å². The Morgan fingerprint density at radius 3 is 2.47 bits per heavy atom. The highest BCUT2D eigenvalue weighted by Gasteiger charge is 2.09. The second kappa shape index (κ2) is 4.71. The van der Waals surface area contributed by atoms with Gasteiger partial charge in [-0.2, -0.15) is 0 Å². The van der Waals surface area contributed by atoms with Crippen LogP contribution in [0.1, 0.15) is 0 Å². The number of rotatable bonds is 2. The van der Waals surface area contributed by atoms with Crippen molar-refractivity contribution in [1.29, 1.82) is 0 Å². The molecule has 0 aliphatic heterocycles. The molecule has 0 saturated carbocycles. The molecule has 3 N–H and O–H groups in total. The van der Waals surface area contributed by atoms with Crippen LogP contribution in [-0.2, 0) is 0 Å². The van der Waals surface area contributed by atoms with E-state index in [0.29, 0.717) is 10.2 Å². The summed E-state index contributed by atoms with van der Waals surface area (Å²) in [5.74, 6) is -0.990. The molecule has 0 spiro atoms. The second-order valence-electron chi connectivity index (χ2n) is 3.46. The summed E-state index contributed by atoms with van der Waals surface area (Å²) in [5, 5.41) is 2.68. The minimum atomic E-state index is -0.528. The molecule has 2 aromatic rings. The van der Waals surface area contributed by atoms with Crippen LogP contribution >= 0.6 is 15.9 Å². The van der Waals surface area contributed by atoms with E-state index in [9.17, 15) is 8.78 Å². The molecule has 0 unspecified atom stereocenters. The number of nitrogen functional groups attached to an aromatic ring is 1. The molecule has 17 heavy (non-hydrogen) atoms. The molecule has 0 bridgehead atoms. The molecule has 0 atom stereocenters. The van der Waals surface area contributed by atoms with Crippen molar-refractivity contribution in [2.24, 2.45) is 0 Å². The minimum absolute atomic E-state index is 0.171. The van der Waals surface area contributed by atoms with E-state index in [1.54, 1.807) is 18.2 Å². The number of para-hydroxylation sites is 1. The fourth-order valence-corrected chi connectivity index (χ4v) is 1.83. The molecule has 0 radical (unpaired) electrons. The molecule has 0 aromatic heterocycles. The largest absolute Gasteiger partial charge is 0.399 e. The summed E-state index contributed by atoms with van der Waals surface area (Å²) in [6.45, 7) is 0. The van der Waals surface area contributed by atoms with Gasteiger partial charge in [-0.25, -0.2) is 8.78 Å². The summed E-state index contributed by atoms with van der Waals surface area (Å²) in [4.78, 5) is 0. The van der Waals surface area contributed by atoms with Gasteiger partial charge < -0.3 is 11.1 Å². The van der Waals surface area contributed by atoms with Gasteiger partial charge in [-0.3, -0.25) is 0 Å². The molecule has 0 aliphatic rings. The Morgan fingerprint density at radius 1 is 1.06 bits per heavy atom. The van der Waals surface area contributed by atoms with Gasteiger partial charge in [0.25, 0.3) is 0 Å². The van der Waals surface area contributed by atoms with Gasteiger partial charge in [-0.15, -0.1) is 0 Å². The molecule has 0 amide bonds. The summed E-state index contributed by atoms with van der Waals surface area (Å²) >= 11 is 3.19. The zero-order chi connectivity index (χ0) is 12.4. The lowest BCUT2D eigenvalue weighted by Crippen LogP contribution is -1.98. The number of halogens is 3. The SMILES string of the molecule is Nc1ccc(Nc2c(F)cccc2Br)c(F)c1. The number of anilines is 3. The monoisotopic (exact) mass is 298 g/mol. The molecule has 2 aromatic carbocycles. The highest BCUT2D eigenvalue weighted by atomic mass is 79.9. The van der Waals surface area contributed by atoms with Crippen LogP contribution in [0.25, 0.3) is 0 Å². The van der Waals surface area contributed by atoms with Crippen molar-refractivity contribution in [1.82, 2.24) is 0 Å². The topological polar surface area (TPSA) is 38.0 Å². The first-order valence-electron chi connectivity index (χ1n) is 4.84. The highest BCUT2D eigenvalue weighted by molar-refractivity contribution is 9.10. The highest BCUT2D eigenvalue weighted by Crippen LogP contribution is 2.29. The minimum Gasteiger partial charge on any atom is -0.399 e. The number of nitrogens with one attached hydrogen (secondary N) is 1. The quantitative estimate of drug-likeness (QED) is 0.821. The van der Waals surface area contributed by atoms with Crippen LogP contribution in [0.5, 0.6) is 0 Å². The molecule has 0 saturated heterocycles. The molecule has 0 heterocycles. The third kappa shape index (κ3) is 2.55. The summed E-state index contributed by atoms with van der Waals surface area (Å²) in [5.41, 5.74) is 6.11. The van der Waals surface area contributed by atoms with Crippen molar-refractivity contribution >= 4 is 33.0 Å². The van der Waals surface area contributed by atoms with E-state index in [2.05, 4.69) is 21.2 Å². The van der Waals surface area contributed by atoms with E-state index < -0.39 is 11.6 Å². The summed E-state index contributed by atoms with van der Waals surface area (Å²) in [6.07, 6.45) is 0. The lowest BCUT2D eigenvalue weighted by molar-refractivity contribution is 0.625. The lowest BCUT2D eigenvalue weighted by Gasteiger charge is -2.10. The van der Waals surface area contributed by atoms with E-state index in [1.807, 2.05) is 0 Å². The molecule has 2 nitrogen and oxygen atoms in total. The molecule has 2 rings (SSSR count). The fraction of sp³-hybridized carbons (Fsp3) is 0. The van der Waals surface area contributed by atoms with Crippen molar-refractivity contribution in [2.45, 2.75) is 0 Å². The van der Waals surface area contributed by atoms with Gasteiger partial charge in [0, 0.05) is 10.2 Å². The maximum absolute atomic E-state index is 13.5. The Kier molecular flexibility index (Phi) is 3.28. The predicted octanol–water partition coefficient (Wildman–Crippen LogP) is 4.05. The number of benzene rings is 2. The third-order valence-electron chi connectivity index (χ3n) is 2.22. The van der Waals surface area contributed by atoms with E-state index >= 15 is 0 Å². The zero-order valence-corrected chi connectivity index (χ0v) is 10.3. The molecule has 0 aliphatic carbocycles. The Balaban J connectivity index is 2.38. The molecule has 0 fully saturated rings. The van der Waals surface area contributed by atoms with Crippen molar-refractivity contribution < 1.29 is 8.78 Å². The van der Waals surface area contributed by atoms with Crippen LogP contribution in [0.2, 0.25) is 0 Å². The lowest BCUT2D eigenvalue weighted by atomic mass is 10.2. The first kappa shape index (κ1) is 11.9. The molecular formula is C12H9BrF2N2. The smallest absolute Gasteiger partial charge is 0.148 e. The normalized spacial score (nSPS) is 10.3. The van der Waals surface area contributed by atoms with Crippen molar-refractivity contribution in [3.8, 4) is 0 Å². The summed E-state index contributed by atoms with van der Waals surface area (Å²) in [6, 6.07) is 8.70. The van der Waals surface area contributed by atoms with Crippen LogP contribution in [0.15, 0.2) is 40.9 Å². The maximum atomic E-state index is 13.5. The van der Waals surface area contributed by atoms with Crippen LogP contribution in [0.4, 0.5) is 25.8 Å². The average molecular weight is 299 g/mol. The van der Waals surface area contributed by atoms with Gasteiger partial charge in [0.1, 0.15) is 11.6 Å². The van der Waals surface area contributed by atoms with Crippen LogP contribution in [-0.4, -0.2) is 0 Å². The molecular weight excluding hydrogens is 290 g/mol. The number of nitrogens with two attached hydrogens (primary N) is 1. The van der Waals surface area contributed by atoms with Crippen molar-refractivity contribution in [2.75, 3.05) is 11.1 Å². The molecule has 88 valence electrons. The third-order valence-corrected chi connectivity index (χ3v) is 2.88. The van der Waals surface area contributed by atoms with Gasteiger partial charge in [0.2, 0.25) is 0 Å². The van der Waals surface area contributed by atoms with Gasteiger partial charge in [0.15, 0.2) is 0 Å². The summed E-state index contributed by atoms with van der Waals surface area (Å²) < 4.78 is 27.5. The number of hydrogen-bond acceptors (Lipinski definition) is 2. The summed E-state index contributed by atoms with van der Waals surface area (Å²) in [7, 11) is 0. The van der Waals surface area contributed by atoms with Gasteiger partial charge >= 0.3 is 0 Å². The Hall–Kier alpha value is -1.62. The van der Waals surface area contributed by atoms with Crippen LogP contribution in [0.3, 0.4) is 0 Å². The first-order chi connectivity index (χ1) is 8.08. The van der Waals surface area contributed by atoms with Gasteiger partial charge in [-0.05, 0) is 46.3 Å². The first-order valence-corrected chi connectivity index (χ1v) is 5.63. The zero-order valence-electron chi connectivity index (χ0n) is 8.68. The van der Waals surface area contributed by atoms with Gasteiger partial charge in [0.05, 0.1) is 11.4 Å². The Bertz CT molecular complexity index is 538. The Labute approximate surface area is 106 Å². The second-order valence-corrected chi connectivity index (χ2v) is 4.32. The van der Waals surface area contributed by atoms with Crippen LogP contribution < -0.4 is 11.1 Å². The van der Waals surface area contributed by atoms with Crippen molar-refractivity contribution in [3.05, 3.63) is 52.5 Å². The van der Waals surface area contributed by atoms with E-state index in [1.165, 1.54) is 18.2 Å². The van der Waals surface area contributed by atoms with Gasteiger partial charge in [-0.1, -0.05) is 6.07 Å². The van der Waals surface area contributed by atoms with E-state index in [-0.39, 0.29) is 11.4 Å². The Morgan fingerprint density at radius 2 is 1.82 bits per heavy atom. The van der Waals surface area contributed by atoms with Crippen LogP contribution in [0, 0.1) is 11.6 Å². The fourth-order valence-electron chi connectivity index (χ4n) is 1.38. The maximum Gasteiger partial charge on any atom is 0.148 e. The van der Waals surface area contributed by atoms with Crippen molar-refractivity contribution in [3.63, 3.8) is 0 Å². The predicted molar refractivity (Wildman–Crippen MR) is 68.2 cm³/mol. The molecule has 5 heteroatoms.